The van der Waals surface area contributed by atoms with Gasteiger partial charge in [0.2, 0.25) is 5.91 Å². The van der Waals surface area contributed by atoms with Crippen molar-refractivity contribution in [2.75, 3.05) is 20.3 Å². The molecule has 0 aromatic heterocycles. The van der Waals surface area contributed by atoms with Gasteiger partial charge in [0, 0.05) is 12.6 Å². The van der Waals surface area contributed by atoms with E-state index >= 15 is 0 Å². The first-order valence-corrected chi connectivity index (χ1v) is 11.5. The van der Waals surface area contributed by atoms with E-state index in [1.807, 2.05) is 59.5 Å². The van der Waals surface area contributed by atoms with Crippen LogP contribution in [-0.2, 0) is 20.9 Å². The zero-order chi connectivity index (χ0) is 22.8. The Bertz CT molecular complexity index is 848. The molecule has 172 valence electrons. The summed E-state index contributed by atoms with van der Waals surface area (Å²) in [6, 6.07) is 16.9. The Morgan fingerprint density at radius 3 is 2.34 bits per heavy atom. The van der Waals surface area contributed by atoms with Crippen molar-refractivity contribution in [1.82, 2.24) is 10.2 Å². The molecule has 6 heteroatoms. The summed E-state index contributed by atoms with van der Waals surface area (Å²) in [6.45, 7) is 2.57. The summed E-state index contributed by atoms with van der Waals surface area (Å²) in [6.07, 6.45) is 5.48. The number of nitrogens with one attached hydrogen (secondary N) is 1. The first kappa shape index (κ1) is 23.8. The zero-order valence-electron chi connectivity index (χ0n) is 19.1. The van der Waals surface area contributed by atoms with Crippen LogP contribution >= 0.6 is 0 Å². The molecule has 6 nitrogen and oxygen atoms in total. The van der Waals surface area contributed by atoms with Crippen LogP contribution in [0.15, 0.2) is 54.6 Å². The highest BCUT2D eigenvalue weighted by atomic mass is 16.5. The van der Waals surface area contributed by atoms with Crippen molar-refractivity contribution in [3.63, 3.8) is 0 Å². The molecule has 1 fully saturated rings. The summed E-state index contributed by atoms with van der Waals surface area (Å²) in [5.41, 5.74) is 1.85. The fraction of sp³-hybridized carbons (Fsp3) is 0.462. The molecule has 0 aliphatic heterocycles. The third-order valence-electron chi connectivity index (χ3n) is 5.86. The largest absolute Gasteiger partial charge is 0.497 e. The lowest BCUT2D eigenvalue weighted by molar-refractivity contribution is -0.146. The van der Waals surface area contributed by atoms with Crippen molar-refractivity contribution in [1.29, 1.82) is 0 Å². The van der Waals surface area contributed by atoms with Crippen LogP contribution in [0.2, 0.25) is 0 Å². The van der Waals surface area contributed by atoms with Gasteiger partial charge in [0.05, 0.1) is 20.3 Å². The standard InChI is InChI=1S/C26H34N2O4/c1-3-32-24(29)19-28(18-20-10-6-4-7-11-20)25(21-14-16-23(31-2)17-15-21)26(30)27-22-12-8-5-9-13-22/h4,6-7,10-11,14-17,22,25H,3,5,8-9,12-13,18-19H2,1-2H3,(H,27,30)/t25-/m1/s1. The number of hydrogen-bond acceptors (Lipinski definition) is 5. The highest BCUT2D eigenvalue weighted by Gasteiger charge is 2.31. The van der Waals surface area contributed by atoms with E-state index in [0.717, 1.165) is 42.6 Å². The molecule has 1 N–H and O–H groups in total. The van der Waals surface area contributed by atoms with Gasteiger partial charge < -0.3 is 14.8 Å². The van der Waals surface area contributed by atoms with Gasteiger partial charge in [-0.3, -0.25) is 14.5 Å². The lowest BCUT2D eigenvalue weighted by atomic mass is 9.94. The zero-order valence-corrected chi connectivity index (χ0v) is 19.1. The minimum Gasteiger partial charge on any atom is -0.497 e. The fourth-order valence-electron chi connectivity index (χ4n) is 4.27. The smallest absolute Gasteiger partial charge is 0.320 e. The lowest BCUT2D eigenvalue weighted by Gasteiger charge is -2.33. The number of carbonyl (C=O) groups excluding carboxylic acids is 2. The van der Waals surface area contributed by atoms with Gasteiger partial charge in [0.25, 0.3) is 0 Å². The molecule has 1 aliphatic rings. The Kier molecular flexibility index (Phi) is 9.11. The van der Waals surface area contributed by atoms with Crippen LogP contribution in [-0.4, -0.2) is 43.1 Å². The van der Waals surface area contributed by atoms with Gasteiger partial charge in [0.1, 0.15) is 11.8 Å². The average Bonchev–Trinajstić information content (AvgIpc) is 2.81. The fourth-order valence-corrected chi connectivity index (χ4v) is 4.27. The van der Waals surface area contributed by atoms with Crippen LogP contribution < -0.4 is 10.1 Å². The topological polar surface area (TPSA) is 67.9 Å². The van der Waals surface area contributed by atoms with Gasteiger partial charge in [0.15, 0.2) is 0 Å². The van der Waals surface area contributed by atoms with E-state index in [0.29, 0.717) is 13.2 Å². The number of amides is 1. The van der Waals surface area contributed by atoms with Gasteiger partial charge in [-0.05, 0) is 43.0 Å². The monoisotopic (exact) mass is 438 g/mol. The van der Waals surface area contributed by atoms with Crippen LogP contribution in [0.4, 0.5) is 0 Å². The van der Waals surface area contributed by atoms with Crippen molar-refractivity contribution in [2.24, 2.45) is 0 Å². The van der Waals surface area contributed by atoms with Crippen molar-refractivity contribution in [3.05, 3.63) is 65.7 Å². The Hall–Kier alpha value is -2.86. The van der Waals surface area contributed by atoms with Crippen LogP contribution in [0, 0.1) is 0 Å². The van der Waals surface area contributed by atoms with Gasteiger partial charge in [-0.25, -0.2) is 0 Å². The SMILES string of the molecule is CCOC(=O)CN(Cc1ccccc1)[C@@H](C(=O)NC1CCCCC1)c1ccc(OC)cc1. The average molecular weight is 439 g/mol. The van der Waals surface area contributed by atoms with E-state index in [4.69, 9.17) is 9.47 Å². The lowest BCUT2D eigenvalue weighted by Crippen LogP contribution is -2.46. The minimum atomic E-state index is -0.618. The first-order chi connectivity index (χ1) is 15.6. The van der Waals surface area contributed by atoms with E-state index in [9.17, 15) is 9.59 Å². The summed E-state index contributed by atoms with van der Waals surface area (Å²) in [5, 5.41) is 3.25. The van der Waals surface area contributed by atoms with E-state index in [-0.39, 0.29) is 24.5 Å². The normalized spacial score (nSPS) is 15.2. The van der Waals surface area contributed by atoms with Crippen LogP contribution in [0.1, 0.15) is 56.2 Å². The molecule has 2 aromatic rings. The third-order valence-corrected chi connectivity index (χ3v) is 5.86. The Morgan fingerprint density at radius 2 is 1.72 bits per heavy atom. The van der Waals surface area contributed by atoms with Crippen LogP contribution in [0.3, 0.4) is 0 Å². The summed E-state index contributed by atoms with van der Waals surface area (Å²) < 4.78 is 10.5. The molecule has 32 heavy (non-hydrogen) atoms. The number of rotatable bonds is 10. The number of benzene rings is 2. The van der Waals surface area contributed by atoms with E-state index < -0.39 is 6.04 Å². The summed E-state index contributed by atoms with van der Waals surface area (Å²) in [4.78, 5) is 28.0. The molecule has 0 unspecified atom stereocenters. The molecule has 0 bridgehead atoms. The second-order valence-electron chi connectivity index (χ2n) is 8.21. The predicted molar refractivity (Wildman–Crippen MR) is 124 cm³/mol. The summed E-state index contributed by atoms with van der Waals surface area (Å²) in [7, 11) is 1.62. The van der Waals surface area contributed by atoms with Crippen LogP contribution in [0.25, 0.3) is 0 Å². The molecule has 1 saturated carbocycles. The number of hydrogen-bond donors (Lipinski definition) is 1. The summed E-state index contributed by atoms with van der Waals surface area (Å²) >= 11 is 0. The molecule has 0 heterocycles. The molecule has 2 aromatic carbocycles. The van der Waals surface area contributed by atoms with Gasteiger partial charge >= 0.3 is 5.97 Å². The van der Waals surface area contributed by atoms with Crippen molar-refractivity contribution >= 4 is 11.9 Å². The third kappa shape index (κ3) is 6.82. The molecule has 0 spiro atoms. The Balaban J connectivity index is 1.91. The van der Waals surface area contributed by atoms with E-state index in [2.05, 4.69) is 5.32 Å². The van der Waals surface area contributed by atoms with Crippen molar-refractivity contribution < 1.29 is 19.1 Å². The second-order valence-corrected chi connectivity index (χ2v) is 8.21. The predicted octanol–water partition coefficient (Wildman–Crippen LogP) is 4.25. The number of carbonyl (C=O) groups is 2. The molecular weight excluding hydrogens is 404 g/mol. The molecule has 1 amide bonds. The van der Waals surface area contributed by atoms with Gasteiger partial charge in [-0.2, -0.15) is 0 Å². The second kappa shape index (κ2) is 12.2. The maximum Gasteiger partial charge on any atom is 0.320 e. The quantitative estimate of drug-likeness (QED) is 0.562. The number of ether oxygens (including phenoxy) is 2. The van der Waals surface area contributed by atoms with Gasteiger partial charge in [-0.1, -0.05) is 61.7 Å². The number of nitrogens with zero attached hydrogens (tertiary/aromatic N) is 1. The summed E-state index contributed by atoms with van der Waals surface area (Å²) in [5.74, 6) is 0.301. The van der Waals surface area contributed by atoms with Crippen molar-refractivity contribution in [2.45, 2.75) is 57.7 Å². The molecule has 3 rings (SSSR count). The highest BCUT2D eigenvalue weighted by molar-refractivity contribution is 5.84. The van der Waals surface area contributed by atoms with E-state index in [1.165, 1.54) is 6.42 Å². The molecule has 0 radical (unpaired) electrons. The molecule has 0 saturated heterocycles. The number of esters is 1. The number of methoxy groups -OCH3 is 1. The highest BCUT2D eigenvalue weighted by Crippen LogP contribution is 2.27. The molecule has 1 atom stereocenters. The first-order valence-electron chi connectivity index (χ1n) is 11.5. The molecule has 1 aliphatic carbocycles. The maximum atomic E-state index is 13.6. The maximum absolute atomic E-state index is 13.6. The molecular formula is C26H34N2O4. The Labute approximate surface area is 190 Å². The minimum absolute atomic E-state index is 0.0253. The van der Waals surface area contributed by atoms with Crippen molar-refractivity contribution in [3.8, 4) is 5.75 Å². The Morgan fingerprint density at radius 1 is 1.03 bits per heavy atom. The van der Waals surface area contributed by atoms with E-state index in [1.54, 1.807) is 14.0 Å². The van der Waals surface area contributed by atoms with Gasteiger partial charge in [-0.15, -0.1) is 0 Å². The van der Waals surface area contributed by atoms with Crippen LogP contribution in [0.5, 0.6) is 5.75 Å².